The predicted molar refractivity (Wildman–Crippen MR) is 116 cm³/mol. The molecule has 4 rings (SSSR count). The molecule has 1 unspecified atom stereocenters. The van der Waals surface area contributed by atoms with Gasteiger partial charge in [-0.3, -0.25) is 9.59 Å². The topological polar surface area (TPSA) is 52.6 Å². The van der Waals surface area contributed by atoms with Crippen molar-refractivity contribution in [3.8, 4) is 0 Å². The SMILES string of the molecule is COC(=O)C1(C(=O)OC)C(c2ccccc2)=C(C2CCCCS2)c2ccccc21. The number of esters is 2. The minimum Gasteiger partial charge on any atom is -0.468 e. The smallest absolute Gasteiger partial charge is 0.332 e. The molecule has 1 aliphatic carbocycles. The number of ether oxygens (including phenoxy) is 2. The van der Waals surface area contributed by atoms with Gasteiger partial charge in [-0.25, -0.2) is 0 Å². The van der Waals surface area contributed by atoms with Crippen LogP contribution in [0.2, 0.25) is 0 Å². The Morgan fingerprint density at radius 1 is 0.931 bits per heavy atom. The molecule has 2 aliphatic rings. The molecule has 1 heterocycles. The summed E-state index contributed by atoms with van der Waals surface area (Å²) in [4.78, 5) is 26.7. The molecule has 1 fully saturated rings. The van der Waals surface area contributed by atoms with Crippen LogP contribution in [0.3, 0.4) is 0 Å². The lowest BCUT2D eigenvalue weighted by atomic mass is 9.74. The molecule has 2 aromatic carbocycles. The number of fused-ring (bicyclic) bond motifs is 1. The summed E-state index contributed by atoms with van der Waals surface area (Å²) in [5.74, 6) is -0.139. The maximum atomic E-state index is 13.3. The third-order valence-corrected chi connectivity index (χ3v) is 7.21. The highest BCUT2D eigenvalue weighted by Gasteiger charge is 2.59. The maximum absolute atomic E-state index is 13.3. The number of carbonyl (C=O) groups excluding carboxylic acids is 2. The first-order valence-corrected chi connectivity index (χ1v) is 10.9. The molecular formula is C24H24O4S. The molecule has 150 valence electrons. The van der Waals surface area contributed by atoms with Crippen molar-refractivity contribution in [1.29, 1.82) is 0 Å². The van der Waals surface area contributed by atoms with Crippen molar-refractivity contribution in [3.05, 3.63) is 71.3 Å². The molecule has 5 heteroatoms. The monoisotopic (exact) mass is 408 g/mol. The Kier molecular flexibility index (Phi) is 5.50. The summed E-state index contributed by atoms with van der Waals surface area (Å²) in [6.07, 6.45) is 3.34. The van der Waals surface area contributed by atoms with E-state index in [0.717, 1.165) is 35.3 Å². The van der Waals surface area contributed by atoms with E-state index in [2.05, 4.69) is 0 Å². The molecule has 0 radical (unpaired) electrons. The highest BCUT2D eigenvalue weighted by atomic mass is 32.2. The Morgan fingerprint density at radius 3 is 2.21 bits per heavy atom. The molecule has 0 saturated carbocycles. The summed E-state index contributed by atoms with van der Waals surface area (Å²) in [7, 11) is 2.65. The second-order valence-corrected chi connectivity index (χ2v) is 8.60. The van der Waals surface area contributed by atoms with E-state index in [9.17, 15) is 9.59 Å². The summed E-state index contributed by atoms with van der Waals surface area (Å²) in [5.41, 5.74) is 2.60. The zero-order valence-corrected chi connectivity index (χ0v) is 17.5. The van der Waals surface area contributed by atoms with Gasteiger partial charge < -0.3 is 9.47 Å². The lowest BCUT2D eigenvalue weighted by Gasteiger charge is -2.30. The van der Waals surface area contributed by atoms with Gasteiger partial charge in [0.1, 0.15) is 0 Å². The fourth-order valence-electron chi connectivity index (χ4n) is 4.61. The van der Waals surface area contributed by atoms with Gasteiger partial charge in [-0.2, -0.15) is 11.8 Å². The standard InChI is InChI=1S/C24H24O4S/c1-27-22(25)24(23(26)28-2)18-13-7-6-12-17(18)20(19-14-8-9-15-29-19)21(24)16-10-4-3-5-11-16/h3-7,10-13,19H,8-9,14-15H2,1-2H3. The zero-order valence-electron chi connectivity index (χ0n) is 16.6. The summed E-state index contributed by atoms with van der Waals surface area (Å²) in [6, 6.07) is 17.4. The third-order valence-electron chi connectivity index (χ3n) is 5.81. The van der Waals surface area contributed by atoms with Crippen LogP contribution in [-0.4, -0.2) is 37.2 Å². The van der Waals surface area contributed by atoms with Gasteiger partial charge in [-0.1, -0.05) is 61.0 Å². The Morgan fingerprint density at radius 2 is 1.59 bits per heavy atom. The van der Waals surface area contributed by atoms with Gasteiger partial charge in [0.2, 0.25) is 5.41 Å². The predicted octanol–water partition coefficient (Wildman–Crippen LogP) is 4.48. The van der Waals surface area contributed by atoms with Gasteiger partial charge in [0.15, 0.2) is 0 Å². The molecule has 0 aromatic heterocycles. The van der Waals surface area contributed by atoms with E-state index >= 15 is 0 Å². The molecule has 0 N–H and O–H groups in total. The average Bonchev–Trinajstić information content (AvgIpc) is 3.11. The van der Waals surface area contributed by atoms with Crippen LogP contribution in [0.25, 0.3) is 11.1 Å². The van der Waals surface area contributed by atoms with E-state index in [1.165, 1.54) is 20.6 Å². The van der Waals surface area contributed by atoms with Crippen LogP contribution in [0.15, 0.2) is 54.6 Å². The van der Waals surface area contributed by atoms with Gasteiger partial charge >= 0.3 is 11.9 Å². The number of carbonyl (C=O) groups is 2. The minimum absolute atomic E-state index is 0.219. The van der Waals surface area contributed by atoms with Crippen molar-refractivity contribution in [2.75, 3.05) is 20.0 Å². The van der Waals surface area contributed by atoms with Gasteiger partial charge in [-0.15, -0.1) is 0 Å². The van der Waals surface area contributed by atoms with Gasteiger partial charge in [0, 0.05) is 5.25 Å². The first-order valence-electron chi connectivity index (χ1n) is 9.84. The average molecular weight is 409 g/mol. The lowest BCUT2D eigenvalue weighted by molar-refractivity contribution is -0.158. The Balaban J connectivity index is 2.11. The molecule has 29 heavy (non-hydrogen) atoms. The van der Waals surface area contributed by atoms with Gasteiger partial charge in [0.25, 0.3) is 0 Å². The van der Waals surface area contributed by atoms with E-state index < -0.39 is 17.4 Å². The summed E-state index contributed by atoms with van der Waals surface area (Å²) < 4.78 is 10.4. The molecule has 1 saturated heterocycles. The first kappa shape index (κ1) is 19.8. The van der Waals surface area contributed by atoms with Crippen molar-refractivity contribution in [1.82, 2.24) is 0 Å². The van der Waals surface area contributed by atoms with Crippen molar-refractivity contribution in [2.45, 2.75) is 29.9 Å². The molecule has 2 aromatic rings. The van der Waals surface area contributed by atoms with E-state index in [1.807, 2.05) is 66.4 Å². The Labute approximate surface area is 175 Å². The van der Waals surface area contributed by atoms with Crippen molar-refractivity contribution >= 4 is 34.8 Å². The number of hydrogen-bond donors (Lipinski definition) is 0. The number of hydrogen-bond acceptors (Lipinski definition) is 5. The van der Waals surface area contributed by atoms with Crippen LogP contribution >= 0.6 is 11.8 Å². The van der Waals surface area contributed by atoms with E-state index in [0.29, 0.717) is 11.1 Å². The third kappa shape index (κ3) is 2.99. The number of benzene rings is 2. The molecule has 0 amide bonds. The summed E-state index contributed by atoms with van der Waals surface area (Å²) in [5, 5.41) is 0.219. The van der Waals surface area contributed by atoms with E-state index in [4.69, 9.17) is 9.47 Å². The van der Waals surface area contributed by atoms with E-state index in [-0.39, 0.29) is 5.25 Å². The van der Waals surface area contributed by atoms with Crippen molar-refractivity contribution < 1.29 is 19.1 Å². The zero-order chi connectivity index (χ0) is 20.4. The second-order valence-electron chi connectivity index (χ2n) is 7.29. The van der Waals surface area contributed by atoms with Gasteiger partial charge in [0.05, 0.1) is 14.2 Å². The molecule has 0 bridgehead atoms. The van der Waals surface area contributed by atoms with Crippen LogP contribution in [0.4, 0.5) is 0 Å². The molecule has 0 spiro atoms. The Hall–Kier alpha value is -2.53. The molecule has 1 aliphatic heterocycles. The van der Waals surface area contributed by atoms with Crippen molar-refractivity contribution in [3.63, 3.8) is 0 Å². The number of rotatable bonds is 4. The largest absolute Gasteiger partial charge is 0.468 e. The van der Waals surface area contributed by atoms with Crippen LogP contribution in [0.1, 0.15) is 36.0 Å². The molecule has 4 nitrogen and oxygen atoms in total. The van der Waals surface area contributed by atoms with Crippen LogP contribution < -0.4 is 0 Å². The number of methoxy groups -OCH3 is 2. The van der Waals surface area contributed by atoms with E-state index in [1.54, 1.807) is 0 Å². The summed E-state index contributed by atoms with van der Waals surface area (Å²) in [6.45, 7) is 0. The van der Waals surface area contributed by atoms with Crippen molar-refractivity contribution in [2.24, 2.45) is 0 Å². The summed E-state index contributed by atoms with van der Waals surface area (Å²) >= 11 is 1.90. The Bertz CT molecular complexity index is 942. The molecule has 1 atom stereocenters. The fourth-order valence-corrected chi connectivity index (χ4v) is 6.01. The highest BCUT2D eigenvalue weighted by molar-refractivity contribution is 8.00. The second kappa shape index (κ2) is 8.07. The van der Waals surface area contributed by atoms with Crippen LogP contribution in [-0.2, 0) is 24.5 Å². The van der Waals surface area contributed by atoms with Gasteiger partial charge in [-0.05, 0) is 46.4 Å². The van der Waals surface area contributed by atoms with Crippen LogP contribution in [0, 0.1) is 0 Å². The maximum Gasteiger partial charge on any atom is 0.332 e. The lowest BCUT2D eigenvalue weighted by Crippen LogP contribution is -2.45. The number of thioether (sulfide) groups is 1. The van der Waals surface area contributed by atoms with Crippen LogP contribution in [0.5, 0.6) is 0 Å². The molecular weight excluding hydrogens is 384 g/mol. The fraction of sp³-hybridized carbons (Fsp3) is 0.333. The highest BCUT2D eigenvalue weighted by Crippen LogP contribution is 2.56. The quantitative estimate of drug-likeness (QED) is 0.551. The first-order chi connectivity index (χ1) is 14.2. The normalized spacial score (nSPS) is 20.1. The minimum atomic E-state index is -1.62.